The monoisotopic (exact) mass is 232 g/mol. The average Bonchev–Trinajstić information content (AvgIpc) is 2.65. The lowest BCUT2D eigenvalue weighted by atomic mass is 9.96. The van der Waals surface area contributed by atoms with E-state index in [2.05, 4.69) is 17.1 Å². The molecule has 1 atom stereocenters. The maximum Gasteiger partial charge on any atom is 0.226 e. The number of halogens is 1. The number of carbonyl (C=O) groups is 1. The number of carbonyl (C=O) groups excluding carboxylic acids is 1. The van der Waals surface area contributed by atoms with Gasteiger partial charge in [0.05, 0.1) is 0 Å². The second-order valence-electron chi connectivity index (χ2n) is 4.55. The molecule has 2 heterocycles. The highest BCUT2D eigenvalue weighted by atomic mass is 35.5. The first-order valence-electron chi connectivity index (χ1n) is 5.80. The van der Waals surface area contributed by atoms with E-state index in [1.165, 1.54) is 12.8 Å². The summed E-state index contributed by atoms with van der Waals surface area (Å²) in [7, 11) is 0. The molecular weight excluding hydrogens is 212 g/mol. The van der Waals surface area contributed by atoms with Gasteiger partial charge in [-0.05, 0) is 45.7 Å². The van der Waals surface area contributed by atoms with Gasteiger partial charge in [-0.3, -0.25) is 4.79 Å². The Kier molecular flexibility index (Phi) is 4.87. The molecule has 4 heteroatoms. The smallest absolute Gasteiger partial charge is 0.226 e. The van der Waals surface area contributed by atoms with Gasteiger partial charge in [-0.2, -0.15) is 0 Å². The van der Waals surface area contributed by atoms with Crippen molar-refractivity contribution in [1.29, 1.82) is 0 Å². The fraction of sp³-hybridized carbons (Fsp3) is 0.909. The second kappa shape index (κ2) is 5.71. The summed E-state index contributed by atoms with van der Waals surface area (Å²) in [4.78, 5) is 14.2. The first kappa shape index (κ1) is 12.8. The zero-order valence-electron chi connectivity index (χ0n) is 9.37. The Morgan fingerprint density at radius 2 is 1.93 bits per heavy atom. The minimum atomic E-state index is 0. The lowest BCUT2D eigenvalue weighted by molar-refractivity contribution is -0.136. The molecule has 2 aliphatic heterocycles. The summed E-state index contributed by atoms with van der Waals surface area (Å²) in [5.41, 5.74) is 0. The highest BCUT2D eigenvalue weighted by molar-refractivity contribution is 5.85. The maximum atomic E-state index is 12.1. The molecule has 0 aromatic rings. The topological polar surface area (TPSA) is 32.3 Å². The predicted molar refractivity (Wildman–Crippen MR) is 63.3 cm³/mol. The van der Waals surface area contributed by atoms with Crippen LogP contribution in [0.1, 0.15) is 32.6 Å². The molecule has 2 rings (SSSR count). The van der Waals surface area contributed by atoms with E-state index in [-0.39, 0.29) is 12.4 Å². The van der Waals surface area contributed by atoms with Crippen molar-refractivity contribution in [1.82, 2.24) is 10.2 Å². The summed E-state index contributed by atoms with van der Waals surface area (Å²) in [5.74, 6) is 0.716. The molecule has 2 fully saturated rings. The third-order valence-corrected chi connectivity index (χ3v) is 3.52. The summed E-state index contributed by atoms with van der Waals surface area (Å²) < 4.78 is 0. The number of likely N-dealkylation sites (tertiary alicyclic amines) is 1. The lowest BCUT2D eigenvalue weighted by Crippen LogP contribution is -2.42. The van der Waals surface area contributed by atoms with Gasteiger partial charge < -0.3 is 10.2 Å². The van der Waals surface area contributed by atoms with Gasteiger partial charge in [-0.25, -0.2) is 0 Å². The Morgan fingerprint density at radius 1 is 1.27 bits per heavy atom. The normalized spacial score (nSPS) is 27.5. The van der Waals surface area contributed by atoms with Gasteiger partial charge in [-0.1, -0.05) is 0 Å². The number of hydrogen-bond acceptors (Lipinski definition) is 2. The fourth-order valence-corrected chi connectivity index (χ4v) is 2.56. The highest BCUT2D eigenvalue weighted by Gasteiger charge is 2.30. The molecule has 88 valence electrons. The molecule has 0 saturated carbocycles. The van der Waals surface area contributed by atoms with Crippen molar-refractivity contribution in [3.05, 3.63) is 0 Å². The highest BCUT2D eigenvalue weighted by Crippen LogP contribution is 2.22. The Hall–Kier alpha value is -0.280. The average molecular weight is 233 g/mol. The summed E-state index contributed by atoms with van der Waals surface area (Å²) in [6.07, 6.45) is 4.44. The number of rotatable bonds is 1. The molecule has 1 N–H and O–H groups in total. The van der Waals surface area contributed by atoms with Crippen molar-refractivity contribution in [2.75, 3.05) is 19.6 Å². The van der Waals surface area contributed by atoms with Crippen LogP contribution in [-0.2, 0) is 4.79 Å². The van der Waals surface area contributed by atoms with Crippen LogP contribution in [0.15, 0.2) is 0 Å². The van der Waals surface area contributed by atoms with Crippen LogP contribution in [0.5, 0.6) is 0 Å². The zero-order valence-corrected chi connectivity index (χ0v) is 10.2. The summed E-state index contributed by atoms with van der Waals surface area (Å²) in [6.45, 7) is 5.19. The summed E-state index contributed by atoms with van der Waals surface area (Å²) in [6, 6.07) is 0.484. The van der Waals surface area contributed by atoms with Crippen molar-refractivity contribution in [3.63, 3.8) is 0 Å². The van der Waals surface area contributed by atoms with Crippen LogP contribution in [0.25, 0.3) is 0 Å². The molecule has 0 spiro atoms. The number of nitrogens with one attached hydrogen (secondary N) is 1. The zero-order chi connectivity index (χ0) is 9.97. The van der Waals surface area contributed by atoms with Crippen LogP contribution >= 0.6 is 12.4 Å². The Labute approximate surface area is 98.0 Å². The molecule has 0 aromatic heterocycles. The molecule has 1 amide bonds. The van der Waals surface area contributed by atoms with Gasteiger partial charge in [0.1, 0.15) is 0 Å². The SMILES string of the molecule is C[C@H]1CCCN1C(=O)C1CCNCC1.Cl. The van der Waals surface area contributed by atoms with Crippen LogP contribution in [0.3, 0.4) is 0 Å². The largest absolute Gasteiger partial charge is 0.340 e. The van der Waals surface area contributed by atoms with Crippen molar-refractivity contribution >= 4 is 18.3 Å². The lowest BCUT2D eigenvalue weighted by Gasteiger charge is -2.29. The van der Waals surface area contributed by atoms with Gasteiger partial charge >= 0.3 is 0 Å². The molecular formula is C11H21ClN2O. The van der Waals surface area contributed by atoms with Gasteiger partial charge in [0.15, 0.2) is 0 Å². The number of nitrogens with zero attached hydrogens (tertiary/aromatic N) is 1. The third kappa shape index (κ3) is 2.85. The minimum Gasteiger partial charge on any atom is -0.340 e. The van der Waals surface area contributed by atoms with Gasteiger partial charge in [0.25, 0.3) is 0 Å². The molecule has 0 aliphatic carbocycles. The Morgan fingerprint density at radius 3 is 2.47 bits per heavy atom. The van der Waals surface area contributed by atoms with Crippen LogP contribution in [-0.4, -0.2) is 36.5 Å². The molecule has 0 unspecified atom stereocenters. The molecule has 0 aromatic carbocycles. The van der Waals surface area contributed by atoms with E-state index < -0.39 is 0 Å². The minimum absolute atomic E-state index is 0. The summed E-state index contributed by atoms with van der Waals surface area (Å²) in [5, 5.41) is 3.30. The quantitative estimate of drug-likeness (QED) is 0.742. The number of hydrogen-bond donors (Lipinski definition) is 1. The standard InChI is InChI=1S/C11H20N2O.ClH/c1-9-3-2-8-13(9)11(14)10-4-6-12-7-5-10;/h9-10,12H,2-8H2,1H3;1H/t9-;/m0./s1. The first-order valence-corrected chi connectivity index (χ1v) is 5.80. The first-order chi connectivity index (χ1) is 6.79. The van der Waals surface area contributed by atoms with E-state index in [0.717, 1.165) is 32.5 Å². The summed E-state index contributed by atoms with van der Waals surface area (Å²) >= 11 is 0. The number of piperidine rings is 1. The molecule has 2 saturated heterocycles. The van der Waals surface area contributed by atoms with Gasteiger partial charge in [-0.15, -0.1) is 12.4 Å². The van der Waals surface area contributed by atoms with E-state index in [1.54, 1.807) is 0 Å². The van der Waals surface area contributed by atoms with Crippen molar-refractivity contribution < 1.29 is 4.79 Å². The second-order valence-corrected chi connectivity index (χ2v) is 4.55. The van der Waals surface area contributed by atoms with Crippen molar-refractivity contribution in [2.24, 2.45) is 5.92 Å². The predicted octanol–water partition coefficient (Wildman–Crippen LogP) is 1.42. The van der Waals surface area contributed by atoms with Crippen LogP contribution in [0.4, 0.5) is 0 Å². The molecule has 2 aliphatic rings. The number of amides is 1. The van der Waals surface area contributed by atoms with Crippen molar-refractivity contribution in [3.8, 4) is 0 Å². The Bertz CT molecular complexity index is 217. The fourth-order valence-electron chi connectivity index (χ4n) is 2.56. The Balaban J connectivity index is 0.00000112. The van der Waals surface area contributed by atoms with E-state index in [9.17, 15) is 4.79 Å². The van der Waals surface area contributed by atoms with Crippen LogP contribution < -0.4 is 5.32 Å². The van der Waals surface area contributed by atoms with Gasteiger partial charge in [0.2, 0.25) is 5.91 Å². The molecule has 0 radical (unpaired) electrons. The third-order valence-electron chi connectivity index (χ3n) is 3.52. The van der Waals surface area contributed by atoms with E-state index in [1.807, 2.05) is 0 Å². The van der Waals surface area contributed by atoms with E-state index in [4.69, 9.17) is 0 Å². The molecule has 0 bridgehead atoms. The maximum absolute atomic E-state index is 12.1. The molecule has 15 heavy (non-hydrogen) atoms. The van der Waals surface area contributed by atoms with E-state index in [0.29, 0.717) is 17.9 Å². The van der Waals surface area contributed by atoms with Crippen LogP contribution in [0.2, 0.25) is 0 Å². The van der Waals surface area contributed by atoms with Crippen molar-refractivity contribution in [2.45, 2.75) is 38.6 Å². The molecule has 3 nitrogen and oxygen atoms in total. The van der Waals surface area contributed by atoms with E-state index >= 15 is 0 Å². The van der Waals surface area contributed by atoms with Gasteiger partial charge in [0, 0.05) is 18.5 Å². The van der Waals surface area contributed by atoms with Crippen LogP contribution in [0, 0.1) is 5.92 Å².